The molecule has 0 fully saturated rings. The van der Waals surface area contributed by atoms with E-state index >= 15 is 0 Å². The molecule has 1 aliphatic rings. The minimum Gasteiger partial charge on any atom is -0.506 e. The van der Waals surface area contributed by atoms with Gasteiger partial charge in [0.2, 0.25) is 0 Å². The van der Waals surface area contributed by atoms with Gasteiger partial charge in [0.05, 0.1) is 5.69 Å². The second-order valence-corrected chi connectivity index (χ2v) is 5.10. The van der Waals surface area contributed by atoms with Gasteiger partial charge < -0.3 is 9.84 Å². The number of benzene rings is 2. The highest BCUT2D eigenvalue weighted by Crippen LogP contribution is 2.35. The average Bonchev–Trinajstić information content (AvgIpc) is 2.91. The first-order valence-electron chi connectivity index (χ1n) is 7.01. The second kappa shape index (κ2) is 5.89. The highest BCUT2D eigenvalue weighted by molar-refractivity contribution is 6.08. The normalized spacial score (nSPS) is 12.8. The third-order valence-electron chi connectivity index (χ3n) is 3.61. The summed E-state index contributed by atoms with van der Waals surface area (Å²) in [6, 6.07) is 12.4. The summed E-state index contributed by atoms with van der Waals surface area (Å²) in [7, 11) is 0. The predicted molar refractivity (Wildman–Crippen MR) is 81.0 cm³/mol. The number of carbonyl (C=O) groups is 2. The van der Waals surface area contributed by atoms with Crippen molar-refractivity contribution in [2.45, 2.75) is 19.4 Å². The van der Waals surface area contributed by atoms with E-state index in [1.54, 1.807) is 6.07 Å². The Bertz CT molecular complexity index is 725. The number of ether oxygens (including phenoxy) is 1. The van der Waals surface area contributed by atoms with Gasteiger partial charge in [0.25, 0.3) is 0 Å². The summed E-state index contributed by atoms with van der Waals surface area (Å²) in [4.78, 5) is 23.8. The number of anilines is 1. The van der Waals surface area contributed by atoms with E-state index < -0.39 is 6.09 Å². The van der Waals surface area contributed by atoms with Crippen LogP contribution in [0.5, 0.6) is 5.75 Å². The molecule has 2 N–H and O–H groups in total. The largest absolute Gasteiger partial charge is 0.506 e. The van der Waals surface area contributed by atoms with Gasteiger partial charge in [-0.2, -0.15) is 0 Å². The Balaban J connectivity index is 1.72. The number of Topliss-reactive ketones (excluding diaryl/α,β-unsaturated/α-hetero) is 1. The maximum atomic E-state index is 11.9. The van der Waals surface area contributed by atoms with Gasteiger partial charge >= 0.3 is 6.09 Å². The van der Waals surface area contributed by atoms with Crippen molar-refractivity contribution in [3.8, 4) is 5.75 Å². The van der Waals surface area contributed by atoms with Crippen molar-refractivity contribution in [2.24, 2.45) is 0 Å². The number of hydrogen-bond donors (Lipinski definition) is 2. The molecule has 0 atom stereocenters. The molecule has 5 heteroatoms. The van der Waals surface area contributed by atoms with Crippen LogP contribution in [0.2, 0.25) is 0 Å². The minimum absolute atomic E-state index is 0.0794. The van der Waals surface area contributed by atoms with Crippen LogP contribution in [0.4, 0.5) is 10.5 Å². The minimum atomic E-state index is -0.702. The number of carbonyl (C=O) groups excluding carboxylic acids is 2. The molecule has 0 bridgehead atoms. The SMILES string of the molecule is O=C(Nc1c(O)ccc2c1C(=O)CC2)OCc1ccccc1. The molecule has 22 heavy (non-hydrogen) atoms. The number of fused-ring (bicyclic) bond motifs is 1. The Labute approximate surface area is 127 Å². The fraction of sp³-hybridized carbons (Fsp3) is 0.176. The molecule has 2 aromatic rings. The molecule has 3 rings (SSSR count). The molecule has 0 spiro atoms. The van der Waals surface area contributed by atoms with Crippen LogP contribution in [-0.2, 0) is 17.8 Å². The number of rotatable bonds is 3. The van der Waals surface area contributed by atoms with Crippen LogP contribution < -0.4 is 5.32 Å². The van der Waals surface area contributed by atoms with E-state index in [1.807, 2.05) is 30.3 Å². The first-order valence-corrected chi connectivity index (χ1v) is 7.01. The zero-order valence-corrected chi connectivity index (χ0v) is 11.8. The molecule has 5 nitrogen and oxygen atoms in total. The summed E-state index contributed by atoms with van der Waals surface area (Å²) in [5.74, 6) is -0.213. The number of nitrogens with one attached hydrogen (secondary N) is 1. The molecule has 0 unspecified atom stereocenters. The Morgan fingerprint density at radius 1 is 1.14 bits per heavy atom. The first-order chi connectivity index (χ1) is 10.6. The molecule has 1 aliphatic carbocycles. The monoisotopic (exact) mass is 297 g/mol. The number of amides is 1. The molecule has 0 saturated carbocycles. The maximum Gasteiger partial charge on any atom is 0.412 e. The standard InChI is InChI=1S/C17H15NO4/c19-13-8-6-12-7-9-14(20)16(15(12)13)18-17(21)22-10-11-4-2-1-3-5-11/h1-5,7,9,20H,6,8,10H2,(H,18,21). The quantitative estimate of drug-likeness (QED) is 0.853. The van der Waals surface area contributed by atoms with Gasteiger partial charge in [-0.3, -0.25) is 10.1 Å². The lowest BCUT2D eigenvalue weighted by Gasteiger charge is -2.12. The van der Waals surface area contributed by atoms with Crippen molar-refractivity contribution >= 4 is 17.6 Å². The highest BCUT2D eigenvalue weighted by Gasteiger charge is 2.26. The summed E-state index contributed by atoms with van der Waals surface area (Å²) in [5.41, 5.74) is 2.21. The summed E-state index contributed by atoms with van der Waals surface area (Å²) in [6.45, 7) is 0.121. The van der Waals surface area contributed by atoms with Gasteiger partial charge in [0.1, 0.15) is 12.4 Å². The molecule has 2 aromatic carbocycles. The number of phenols is 1. The van der Waals surface area contributed by atoms with E-state index in [0.29, 0.717) is 18.4 Å². The highest BCUT2D eigenvalue weighted by atomic mass is 16.5. The van der Waals surface area contributed by atoms with Crippen molar-refractivity contribution in [1.29, 1.82) is 0 Å². The van der Waals surface area contributed by atoms with E-state index in [4.69, 9.17) is 4.74 Å². The van der Waals surface area contributed by atoms with Crippen molar-refractivity contribution in [3.05, 3.63) is 59.2 Å². The Morgan fingerprint density at radius 3 is 2.68 bits per heavy atom. The van der Waals surface area contributed by atoms with Crippen LogP contribution in [0.15, 0.2) is 42.5 Å². The molecule has 1 amide bonds. The molecular weight excluding hydrogens is 282 g/mol. The number of phenolic OH excluding ortho intramolecular Hbond substituents is 1. The molecule has 0 aliphatic heterocycles. The fourth-order valence-corrected chi connectivity index (χ4v) is 2.52. The Kier molecular flexibility index (Phi) is 3.78. The molecule has 0 saturated heterocycles. The van der Waals surface area contributed by atoms with E-state index in [2.05, 4.69) is 5.32 Å². The third-order valence-corrected chi connectivity index (χ3v) is 3.61. The molecule has 112 valence electrons. The lowest BCUT2D eigenvalue weighted by Crippen LogP contribution is -2.15. The van der Waals surface area contributed by atoms with Crippen LogP contribution >= 0.6 is 0 Å². The summed E-state index contributed by atoms with van der Waals surface area (Å²) < 4.78 is 5.11. The van der Waals surface area contributed by atoms with E-state index in [0.717, 1.165) is 11.1 Å². The van der Waals surface area contributed by atoms with Gasteiger partial charge in [0.15, 0.2) is 5.78 Å². The van der Waals surface area contributed by atoms with Gasteiger partial charge in [-0.05, 0) is 23.6 Å². The van der Waals surface area contributed by atoms with E-state index in [9.17, 15) is 14.7 Å². The third kappa shape index (κ3) is 2.79. The van der Waals surface area contributed by atoms with Gasteiger partial charge in [0, 0.05) is 12.0 Å². The lowest BCUT2D eigenvalue weighted by molar-refractivity contribution is 0.0995. The van der Waals surface area contributed by atoms with Crippen molar-refractivity contribution in [2.75, 3.05) is 5.32 Å². The van der Waals surface area contributed by atoms with Crippen LogP contribution in [0.1, 0.15) is 27.9 Å². The van der Waals surface area contributed by atoms with Crippen molar-refractivity contribution in [3.63, 3.8) is 0 Å². The van der Waals surface area contributed by atoms with Gasteiger partial charge in [-0.25, -0.2) is 4.79 Å². The van der Waals surface area contributed by atoms with Gasteiger partial charge in [-0.1, -0.05) is 36.4 Å². The zero-order valence-electron chi connectivity index (χ0n) is 11.8. The number of aryl methyl sites for hydroxylation is 1. The average molecular weight is 297 g/mol. The number of hydrogen-bond acceptors (Lipinski definition) is 4. The maximum absolute atomic E-state index is 11.9. The molecular formula is C17H15NO4. The molecule has 0 radical (unpaired) electrons. The molecule has 0 heterocycles. The van der Waals surface area contributed by atoms with Crippen LogP contribution in [0.3, 0.4) is 0 Å². The Hall–Kier alpha value is -2.82. The van der Waals surface area contributed by atoms with Crippen molar-refractivity contribution < 1.29 is 19.4 Å². The van der Waals surface area contributed by atoms with E-state index in [1.165, 1.54) is 6.07 Å². The smallest absolute Gasteiger partial charge is 0.412 e. The Morgan fingerprint density at radius 2 is 1.91 bits per heavy atom. The van der Waals surface area contributed by atoms with Gasteiger partial charge in [-0.15, -0.1) is 0 Å². The topological polar surface area (TPSA) is 75.6 Å². The summed E-state index contributed by atoms with van der Waals surface area (Å²) in [6.07, 6.45) is 0.321. The first kappa shape index (κ1) is 14.1. The van der Waals surface area contributed by atoms with Crippen LogP contribution in [0.25, 0.3) is 0 Å². The summed E-state index contributed by atoms with van der Waals surface area (Å²) in [5, 5.41) is 12.4. The van der Waals surface area contributed by atoms with Crippen LogP contribution in [0, 0.1) is 0 Å². The zero-order chi connectivity index (χ0) is 15.5. The fourth-order valence-electron chi connectivity index (χ4n) is 2.52. The van der Waals surface area contributed by atoms with Crippen molar-refractivity contribution in [1.82, 2.24) is 0 Å². The van der Waals surface area contributed by atoms with E-state index in [-0.39, 0.29) is 23.8 Å². The number of aromatic hydroxyl groups is 1. The summed E-state index contributed by atoms with van der Waals surface area (Å²) >= 11 is 0. The molecule has 0 aromatic heterocycles. The van der Waals surface area contributed by atoms with Crippen LogP contribution in [-0.4, -0.2) is 17.0 Å². The predicted octanol–water partition coefficient (Wildman–Crippen LogP) is 3.27. The number of ketones is 1. The lowest BCUT2D eigenvalue weighted by atomic mass is 10.1. The second-order valence-electron chi connectivity index (χ2n) is 5.10.